The lowest BCUT2D eigenvalue weighted by Gasteiger charge is -2.29. The third kappa shape index (κ3) is 1.93. The summed E-state index contributed by atoms with van der Waals surface area (Å²) in [4.78, 5) is 0. The molecule has 21 heavy (non-hydrogen) atoms. The van der Waals surface area contributed by atoms with Crippen LogP contribution >= 0.6 is 15.9 Å². The number of benzene rings is 2. The van der Waals surface area contributed by atoms with Crippen molar-refractivity contribution in [1.82, 2.24) is 4.57 Å². The van der Waals surface area contributed by atoms with Gasteiger partial charge in [-0.1, -0.05) is 40.4 Å². The monoisotopic (exact) mass is 337 g/mol. The molecule has 1 atom stereocenters. The molecule has 0 bridgehead atoms. The van der Waals surface area contributed by atoms with E-state index in [1.54, 1.807) is 0 Å². The summed E-state index contributed by atoms with van der Waals surface area (Å²) in [5.41, 5.74) is 4.27. The van der Waals surface area contributed by atoms with Crippen molar-refractivity contribution < 1.29 is 4.74 Å². The van der Waals surface area contributed by atoms with Gasteiger partial charge in [0.05, 0.1) is 11.2 Å². The maximum absolute atomic E-state index is 6.19. The second kappa shape index (κ2) is 4.67. The molecule has 1 aliphatic rings. The zero-order valence-electron chi connectivity index (χ0n) is 11.6. The molecule has 0 saturated carbocycles. The zero-order valence-corrected chi connectivity index (χ0v) is 13.2. The average Bonchev–Trinajstić information content (AvgIpc) is 2.84. The van der Waals surface area contributed by atoms with E-state index in [-0.39, 0.29) is 6.23 Å². The lowest BCUT2D eigenvalue weighted by molar-refractivity contribution is 0.127. The highest BCUT2D eigenvalue weighted by Gasteiger charge is 2.26. The minimum absolute atomic E-state index is 0.0166. The van der Waals surface area contributed by atoms with Crippen LogP contribution < -0.4 is 10.2 Å². The van der Waals surface area contributed by atoms with E-state index in [1.807, 2.05) is 24.3 Å². The summed E-state index contributed by atoms with van der Waals surface area (Å²) in [5.74, 6) is 0.930. The van der Waals surface area contributed by atoms with Gasteiger partial charge < -0.3 is 9.30 Å². The molecule has 1 aliphatic heterocycles. The van der Waals surface area contributed by atoms with Gasteiger partial charge in [-0.25, -0.2) is 0 Å². The van der Waals surface area contributed by atoms with Crippen molar-refractivity contribution in [2.45, 2.75) is 19.6 Å². The summed E-state index contributed by atoms with van der Waals surface area (Å²) in [6.45, 7) is 2.14. The van der Waals surface area contributed by atoms with Crippen LogP contribution in [-0.2, 0) is 0 Å². The molecule has 4 heteroatoms. The third-order valence-electron chi connectivity index (χ3n) is 3.98. The predicted octanol–water partition coefficient (Wildman–Crippen LogP) is 4.17. The zero-order chi connectivity index (χ0) is 14.6. The molecule has 4 rings (SSSR count). The fourth-order valence-electron chi connectivity index (χ4n) is 3.04. The number of halogens is 1. The van der Waals surface area contributed by atoms with Crippen LogP contribution in [-0.4, -0.2) is 12.4 Å². The summed E-state index contributed by atoms with van der Waals surface area (Å²) in [7, 11) is 5.92. The van der Waals surface area contributed by atoms with Crippen LogP contribution in [0.25, 0.3) is 22.2 Å². The quantitative estimate of drug-likeness (QED) is 0.608. The van der Waals surface area contributed by atoms with Crippen molar-refractivity contribution in [3.63, 3.8) is 0 Å². The number of hydrogen-bond acceptors (Lipinski definition) is 1. The van der Waals surface area contributed by atoms with Gasteiger partial charge in [-0.3, -0.25) is 0 Å². The molecule has 3 aromatic rings. The summed E-state index contributed by atoms with van der Waals surface area (Å²) in [6, 6.07) is 14.4. The first-order valence-corrected chi connectivity index (χ1v) is 7.83. The van der Waals surface area contributed by atoms with Gasteiger partial charge in [-0.05, 0) is 35.7 Å². The van der Waals surface area contributed by atoms with Crippen molar-refractivity contribution in [3.8, 4) is 17.0 Å². The van der Waals surface area contributed by atoms with Gasteiger partial charge in [0.1, 0.15) is 13.6 Å². The summed E-state index contributed by atoms with van der Waals surface area (Å²) in [5, 5.41) is 1.16. The molecule has 2 heterocycles. The highest BCUT2D eigenvalue weighted by molar-refractivity contribution is 9.10. The molecule has 1 aromatic heterocycles. The molecule has 102 valence electrons. The Balaban J connectivity index is 2.06. The lowest BCUT2D eigenvalue weighted by Crippen LogP contribution is -2.20. The lowest BCUT2D eigenvalue weighted by atomic mass is 9.95. The van der Waals surface area contributed by atoms with Crippen molar-refractivity contribution in [2.24, 2.45) is 0 Å². The molecular formula is C17H13BBrNO. The molecule has 0 spiro atoms. The topological polar surface area (TPSA) is 14.2 Å². The largest absolute Gasteiger partial charge is 0.469 e. The maximum Gasteiger partial charge on any atom is 0.176 e. The first kappa shape index (κ1) is 13.0. The third-order valence-corrected chi connectivity index (χ3v) is 4.48. The molecule has 2 aromatic carbocycles. The Kier molecular flexibility index (Phi) is 2.89. The van der Waals surface area contributed by atoms with E-state index in [2.05, 4.69) is 45.6 Å². The van der Waals surface area contributed by atoms with E-state index in [9.17, 15) is 0 Å². The van der Waals surface area contributed by atoms with Gasteiger partial charge >= 0.3 is 0 Å². The van der Waals surface area contributed by atoms with Gasteiger partial charge in [0.2, 0.25) is 0 Å². The van der Waals surface area contributed by atoms with E-state index in [0.717, 1.165) is 33.1 Å². The second-order valence-corrected chi connectivity index (χ2v) is 6.25. The summed E-state index contributed by atoms with van der Waals surface area (Å²) >= 11 is 3.51. The van der Waals surface area contributed by atoms with E-state index in [1.165, 1.54) is 11.2 Å². The van der Waals surface area contributed by atoms with Crippen LogP contribution in [0.15, 0.2) is 46.9 Å². The van der Waals surface area contributed by atoms with Gasteiger partial charge in [-0.15, -0.1) is 0 Å². The Morgan fingerprint density at radius 3 is 2.86 bits per heavy atom. The molecule has 0 amide bonds. The molecule has 0 aliphatic carbocycles. The normalized spacial score (nSPS) is 16.4. The van der Waals surface area contributed by atoms with Crippen molar-refractivity contribution in [1.29, 1.82) is 0 Å². The van der Waals surface area contributed by atoms with Crippen LogP contribution in [0, 0.1) is 0 Å². The Hall–Kier alpha value is -1.68. The Bertz CT molecular complexity index is 855. The molecule has 2 radical (unpaired) electrons. The smallest absolute Gasteiger partial charge is 0.176 e. The Labute approximate surface area is 133 Å². The minimum atomic E-state index is 0.0166. The van der Waals surface area contributed by atoms with Gasteiger partial charge in [0, 0.05) is 16.5 Å². The van der Waals surface area contributed by atoms with Crippen LogP contribution in [0.2, 0.25) is 0 Å². The van der Waals surface area contributed by atoms with Gasteiger partial charge in [0.25, 0.3) is 0 Å². The Morgan fingerprint density at radius 1 is 1.19 bits per heavy atom. The van der Waals surface area contributed by atoms with Crippen LogP contribution in [0.1, 0.15) is 19.6 Å². The van der Waals surface area contributed by atoms with E-state index >= 15 is 0 Å². The van der Waals surface area contributed by atoms with Crippen LogP contribution in [0.3, 0.4) is 0 Å². The van der Waals surface area contributed by atoms with Crippen molar-refractivity contribution in [2.75, 3.05) is 0 Å². The summed E-state index contributed by atoms with van der Waals surface area (Å²) < 4.78 is 9.49. The standard InChI is InChI=1S/C17H13BBrNO/c1-2-17-20-14-6-3-11(18)7-10(14)8-15(20)13-5-4-12(19)9-16(13)21-17/h3-9,17H,2H2,1H3. The maximum atomic E-state index is 6.19. The van der Waals surface area contributed by atoms with E-state index < -0.39 is 0 Å². The SMILES string of the molecule is [B]c1ccc2c(c1)cc1n2C(CC)Oc2cc(Br)ccc2-1. The van der Waals surface area contributed by atoms with Gasteiger partial charge in [-0.2, -0.15) is 0 Å². The molecular weight excluding hydrogens is 325 g/mol. The van der Waals surface area contributed by atoms with Crippen molar-refractivity contribution in [3.05, 3.63) is 46.9 Å². The van der Waals surface area contributed by atoms with Gasteiger partial charge in [0.15, 0.2) is 6.23 Å². The minimum Gasteiger partial charge on any atom is -0.469 e. The molecule has 1 unspecified atom stereocenters. The van der Waals surface area contributed by atoms with Crippen LogP contribution in [0.4, 0.5) is 0 Å². The van der Waals surface area contributed by atoms with Crippen LogP contribution in [0.5, 0.6) is 5.75 Å². The van der Waals surface area contributed by atoms with E-state index in [0.29, 0.717) is 0 Å². The Morgan fingerprint density at radius 2 is 2.05 bits per heavy atom. The number of fused-ring (bicyclic) bond motifs is 5. The predicted molar refractivity (Wildman–Crippen MR) is 90.4 cm³/mol. The van der Waals surface area contributed by atoms with E-state index in [4.69, 9.17) is 12.6 Å². The molecule has 0 fully saturated rings. The molecule has 0 saturated heterocycles. The second-order valence-electron chi connectivity index (χ2n) is 5.34. The number of aromatic nitrogens is 1. The number of rotatable bonds is 1. The summed E-state index contributed by atoms with van der Waals surface area (Å²) in [6.07, 6.45) is 0.926. The number of hydrogen-bond donors (Lipinski definition) is 0. The number of ether oxygens (including phenoxy) is 1. The highest BCUT2D eigenvalue weighted by atomic mass is 79.9. The first-order chi connectivity index (χ1) is 10.2. The molecule has 0 N–H and O–H groups in total. The fraction of sp³-hybridized carbons (Fsp3) is 0.176. The molecule has 2 nitrogen and oxygen atoms in total. The number of nitrogens with zero attached hydrogens (tertiary/aromatic N) is 1. The van der Waals surface area contributed by atoms with Crippen molar-refractivity contribution >= 4 is 40.1 Å². The average molecular weight is 338 g/mol. The first-order valence-electron chi connectivity index (χ1n) is 7.04. The fourth-order valence-corrected chi connectivity index (χ4v) is 3.38. The highest BCUT2D eigenvalue weighted by Crippen LogP contribution is 2.43.